The molecule has 27 heavy (non-hydrogen) atoms. The largest absolute Gasteiger partial charge is 0.467 e. The Morgan fingerprint density at radius 3 is 2.56 bits per heavy atom. The molecule has 1 aromatic carbocycles. The van der Waals surface area contributed by atoms with Crippen LogP contribution in [0.15, 0.2) is 28.2 Å². The molecule has 2 heterocycles. The number of carbonyl (C=O) groups is 2. The molecule has 1 unspecified atom stereocenters. The highest BCUT2D eigenvalue weighted by atomic mass is 32.2. The van der Waals surface area contributed by atoms with Crippen molar-refractivity contribution < 1.29 is 27.5 Å². The smallest absolute Gasteiger partial charge is 0.330 e. The Kier molecular flexibility index (Phi) is 5.20. The molecule has 0 spiro atoms. The van der Waals surface area contributed by atoms with E-state index in [-0.39, 0.29) is 23.7 Å². The van der Waals surface area contributed by atoms with Crippen LogP contribution in [0, 0.1) is 6.92 Å². The lowest BCUT2D eigenvalue weighted by Crippen LogP contribution is -2.49. The van der Waals surface area contributed by atoms with Crippen LogP contribution >= 0.6 is 0 Å². The number of morpholine rings is 1. The third-order valence-corrected chi connectivity index (χ3v) is 6.18. The van der Waals surface area contributed by atoms with Crippen LogP contribution in [0.25, 0.3) is 0 Å². The number of methoxy groups -OCH3 is 1. The molecule has 0 aliphatic carbocycles. The average Bonchev–Trinajstić information content (AvgIpc) is 2.67. The zero-order valence-electron chi connectivity index (χ0n) is 15.3. The lowest BCUT2D eigenvalue weighted by atomic mass is 10.2. The van der Waals surface area contributed by atoms with E-state index in [1.165, 1.54) is 30.0 Å². The number of hydrogen-bond donors (Lipinski definition) is 0. The number of amides is 1. The number of rotatable bonds is 3. The predicted molar refractivity (Wildman–Crippen MR) is 97.2 cm³/mol. The van der Waals surface area contributed by atoms with Gasteiger partial charge in [-0.1, -0.05) is 6.07 Å². The zero-order valence-corrected chi connectivity index (χ0v) is 16.2. The maximum Gasteiger partial charge on any atom is 0.330 e. The van der Waals surface area contributed by atoms with Crippen LogP contribution in [0.3, 0.4) is 0 Å². The molecule has 0 radical (unpaired) electrons. The molecule has 10 heteroatoms. The van der Waals surface area contributed by atoms with Crippen LogP contribution < -0.4 is 5.01 Å². The summed E-state index contributed by atoms with van der Waals surface area (Å²) in [6.07, 6.45) is 0. The zero-order chi connectivity index (χ0) is 19.8. The summed E-state index contributed by atoms with van der Waals surface area (Å²) < 4.78 is 36.1. The van der Waals surface area contributed by atoms with Crippen LogP contribution in [0.2, 0.25) is 0 Å². The van der Waals surface area contributed by atoms with Crippen molar-refractivity contribution in [2.24, 2.45) is 5.10 Å². The molecule has 0 N–H and O–H groups in total. The predicted octanol–water partition coefficient (Wildman–Crippen LogP) is 0.323. The summed E-state index contributed by atoms with van der Waals surface area (Å²) in [6.45, 7) is 4.55. The van der Waals surface area contributed by atoms with Crippen LogP contribution in [0.1, 0.15) is 12.5 Å². The number of anilines is 1. The molecule has 0 saturated carbocycles. The molecule has 2 aliphatic heterocycles. The van der Waals surface area contributed by atoms with Crippen LogP contribution in [0.5, 0.6) is 0 Å². The van der Waals surface area contributed by atoms with Crippen LogP contribution in [-0.4, -0.2) is 69.7 Å². The van der Waals surface area contributed by atoms with Gasteiger partial charge in [0.15, 0.2) is 0 Å². The van der Waals surface area contributed by atoms with E-state index in [0.29, 0.717) is 13.2 Å². The number of hydrazone groups is 1. The molecule has 1 aromatic rings. The van der Waals surface area contributed by atoms with E-state index in [1.54, 1.807) is 19.1 Å². The first-order chi connectivity index (χ1) is 12.8. The second kappa shape index (κ2) is 7.28. The number of benzene rings is 1. The average molecular weight is 395 g/mol. The molecular weight excluding hydrogens is 374 g/mol. The van der Waals surface area contributed by atoms with Crippen molar-refractivity contribution >= 4 is 32.4 Å². The summed E-state index contributed by atoms with van der Waals surface area (Å²) in [5.41, 5.74) is 1.04. The molecule has 1 atom stereocenters. The molecule has 146 valence electrons. The van der Waals surface area contributed by atoms with Crippen molar-refractivity contribution in [2.45, 2.75) is 24.8 Å². The third kappa shape index (κ3) is 3.42. The van der Waals surface area contributed by atoms with E-state index < -0.39 is 32.8 Å². The van der Waals surface area contributed by atoms with Crippen molar-refractivity contribution in [3.63, 3.8) is 0 Å². The van der Waals surface area contributed by atoms with Crippen LogP contribution in [0.4, 0.5) is 5.69 Å². The topological polar surface area (TPSA) is 106 Å². The Morgan fingerprint density at radius 2 is 1.93 bits per heavy atom. The van der Waals surface area contributed by atoms with E-state index in [1.807, 2.05) is 0 Å². The first-order valence-corrected chi connectivity index (χ1v) is 9.94. The van der Waals surface area contributed by atoms with Gasteiger partial charge in [0.1, 0.15) is 6.04 Å². The van der Waals surface area contributed by atoms with Crippen molar-refractivity contribution in [3.05, 3.63) is 23.8 Å². The second-order valence-electron chi connectivity index (χ2n) is 6.33. The molecule has 1 amide bonds. The number of fused-ring (bicyclic) bond motifs is 1. The minimum absolute atomic E-state index is 0.0598. The Labute approximate surface area is 157 Å². The maximum atomic E-state index is 13.1. The number of sulfone groups is 1. The first-order valence-electron chi connectivity index (χ1n) is 8.46. The fourth-order valence-electron chi connectivity index (χ4n) is 2.97. The van der Waals surface area contributed by atoms with Gasteiger partial charge in [0.25, 0.3) is 5.91 Å². The number of aryl methyl sites for hydroxylation is 1. The van der Waals surface area contributed by atoms with Gasteiger partial charge in [-0.2, -0.15) is 5.10 Å². The van der Waals surface area contributed by atoms with E-state index in [2.05, 4.69) is 5.10 Å². The van der Waals surface area contributed by atoms with E-state index in [0.717, 1.165) is 5.56 Å². The molecular formula is C17H21N3O6S. The van der Waals surface area contributed by atoms with Crippen molar-refractivity contribution in [2.75, 3.05) is 38.4 Å². The molecule has 0 aromatic heterocycles. The van der Waals surface area contributed by atoms with Gasteiger partial charge in [-0.3, -0.25) is 4.79 Å². The number of ether oxygens (including phenoxy) is 2. The highest BCUT2D eigenvalue weighted by Gasteiger charge is 2.41. The fourth-order valence-corrected chi connectivity index (χ4v) is 4.41. The highest BCUT2D eigenvalue weighted by molar-refractivity contribution is 8.08. The summed E-state index contributed by atoms with van der Waals surface area (Å²) in [4.78, 5) is 26.3. The second-order valence-corrected chi connectivity index (χ2v) is 8.16. The number of esters is 1. The summed E-state index contributed by atoms with van der Waals surface area (Å²) >= 11 is 0. The van der Waals surface area contributed by atoms with Crippen molar-refractivity contribution in [1.29, 1.82) is 0 Å². The lowest BCUT2D eigenvalue weighted by Gasteiger charge is -2.33. The van der Waals surface area contributed by atoms with Gasteiger partial charge in [-0.05, 0) is 31.5 Å². The van der Waals surface area contributed by atoms with Gasteiger partial charge in [0.2, 0.25) is 14.9 Å². The van der Waals surface area contributed by atoms with Gasteiger partial charge in [0.05, 0.1) is 30.9 Å². The fraction of sp³-hybridized carbons (Fsp3) is 0.471. The normalized spacial score (nSPS) is 19.7. The lowest BCUT2D eigenvalue weighted by molar-refractivity contribution is -0.141. The quantitative estimate of drug-likeness (QED) is 0.679. The van der Waals surface area contributed by atoms with Gasteiger partial charge in [-0.15, -0.1) is 0 Å². The molecule has 0 bridgehead atoms. The molecule has 1 saturated heterocycles. The van der Waals surface area contributed by atoms with Gasteiger partial charge < -0.3 is 14.4 Å². The summed E-state index contributed by atoms with van der Waals surface area (Å²) in [5.74, 6) is -1.30. The molecule has 2 aliphatic rings. The Hall–Kier alpha value is -2.46. The van der Waals surface area contributed by atoms with E-state index in [4.69, 9.17) is 9.47 Å². The van der Waals surface area contributed by atoms with Gasteiger partial charge in [-0.25, -0.2) is 18.2 Å². The van der Waals surface area contributed by atoms with E-state index in [9.17, 15) is 18.0 Å². The summed E-state index contributed by atoms with van der Waals surface area (Å²) in [6, 6.07) is 3.78. The third-order valence-electron chi connectivity index (χ3n) is 4.49. The van der Waals surface area contributed by atoms with Gasteiger partial charge >= 0.3 is 5.97 Å². The van der Waals surface area contributed by atoms with E-state index >= 15 is 0 Å². The monoisotopic (exact) mass is 395 g/mol. The standard InChI is InChI=1S/C17H21N3O6S/c1-11-4-5-14-13(10-11)20(12(2)17(22)25-3)18-15(27(14,23)24)16(21)19-6-8-26-9-7-19/h4-5,10,12H,6-9H2,1-3H3. The SMILES string of the molecule is COC(=O)C(C)N1N=C(C(=O)N2CCOCC2)S(=O)(=O)c2ccc(C)cc21. The number of hydrogen-bond acceptors (Lipinski definition) is 8. The van der Waals surface area contributed by atoms with Crippen LogP contribution in [-0.2, 0) is 28.9 Å². The summed E-state index contributed by atoms with van der Waals surface area (Å²) in [7, 11) is -2.89. The molecule has 3 rings (SSSR count). The Morgan fingerprint density at radius 1 is 1.26 bits per heavy atom. The maximum absolute atomic E-state index is 13.1. The van der Waals surface area contributed by atoms with Crippen molar-refractivity contribution in [1.82, 2.24) is 4.90 Å². The number of nitrogens with zero attached hydrogens (tertiary/aromatic N) is 3. The minimum Gasteiger partial charge on any atom is -0.467 e. The number of carbonyl (C=O) groups excluding carboxylic acids is 2. The van der Waals surface area contributed by atoms with Gasteiger partial charge in [0, 0.05) is 13.1 Å². The Bertz CT molecular complexity index is 905. The highest BCUT2D eigenvalue weighted by Crippen LogP contribution is 2.34. The molecule has 9 nitrogen and oxygen atoms in total. The molecule has 1 fully saturated rings. The summed E-state index contributed by atoms with van der Waals surface area (Å²) in [5, 5.41) is 4.73. The minimum atomic E-state index is -4.12. The van der Waals surface area contributed by atoms with Crippen molar-refractivity contribution in [3.8, 4) is 0 Å². The Balaban J connectivity index is 2.12. The first kappa shape index (κ1) is 19.3.